The molecule has 0 amide bonds. The van der Waals surface area contributed by atoms with Crippen molar-refractivity contribution in [3.63, 3.8) is 0 Å². The predicted molar refractivity (Wildman–Crippen MR) is 71.7 cm³/mol. The zero-order chi connectivity index (χ0) is 14.2. The largest absolute Gasteiger partial charge is 0.405 e. The van der Waals surface area contributed by atoms with E-state index < -0.39 is 16.9 Å². The highest BCUT2D eigenvalue weighted by Gasteiger charge is 2.17. The first-order valence-electron chi connectivity index (χ1n) is 6.31. The number of hydrogen-bond donors (Lipinski definition) is 1. The minimum Gasteiger partial charge on any atom is -0.405 e. The molecular weight excluding hydrogens is 248 g/mol. The molecule has 1 unspecified atom stereocenters. The lowest BCUT2D eigenvalue weighted by Crippen LogP contribution is -2.33. The van der Waals surface area contributed by atoms with Gasteiger partial charge >= 0.3 is 11.3 Å². The van der Waals surface area contributed by atoms with Crippen LogP contribution in [0.5, 0.6) is 0 Å². The Bertz CT molecular complexity index is 782. The van der Waals surface area contributed by atoms with Crippen LogP contribution in [0.1, 0.15) is 38.8 Å². The van der Waals surface area contributed by atoms with Crippen molar-refractivity contribution in [3.8, 4) is 0 Å². The molecule has 19 heavy (non-hydrogen) atoms. The van der Waals surface area contributed by atoms with E-state index in [0.29, 0.717) is 18.4 Å². The Labute approximate surface area is 108 Å². The van der Waals surface area contributed by atoms with E-state index in [1.165, 1.54) is 10.6 Å². The fourth-order valence-corrected chi connectivity index (χ4v) is 2.11. The Morgan fingerprint density at radius 1 is 1.32 bits per heavy atom. The Hall–Kier alpha value is -2.11. The van der Waals surface area contributed by atoms with Gasteiger partial charge in [0.1, 0.15) is 5.39 Å². The summed E-state index contributed by atoms with van der Waals surface area (Å²) < 4.78 is 6.44. The Kier molecular flexibility index (Phi) is 3.42. The van der Waals surface area contributed by atoms with Gasteiger partial charge in [0, 0.05) is 12.1 Å². The second-order valence-corrected chi connectivity index (χ2v) is 4.51. The van der Waals surface area contributed by atoms with E-state index in [0.717, 1.165) is 0 Å². The summed E-state index contributed by atoms with van der Waals surface area (Å²) in [6.45, 7) is 5.58. The highest BCUT2D eigenvalue weighted by Crippen LogP contribution is 2.16. The van der Waals surface area contributed by atoms with Crippen LogP contribution < -0.4 is 16.9 Å². The minimum atomic E-state index is -0.553. The van der Waals surface area contributed by atoms with E-state index in [4.69, 9.17) is 4.42 Å². The third-order valence-corrected chi connectivity index (χ3v) is 3.32. The number of aromatic nitrogens is 2. The molecule has 102 valence electrons. The normalized spacial score (nSPS) is 12.8. The molecule has 2 aromatic heterocycles. The molecule has 0 saturated heterocycles. The number of fused-ring (bicyclic) bond motifs is 1. The van der Waals surface area contributed by atoms with E-state index in [-0.39, 0.29) is 17.1 Å². The van der Waals surface area contributed by atoms with Crippen molar-refractivity contribution in [2.75, 3.05) is 0 Å². The number of nitrogens with zero attached hydrogens (tertiary/aromatic N) is 1. The van der Waals surface area contributed by atoms with Crippen LogP contribution >= 0.6 is 0 Å². The number of hydrogen-bond acceptors (Lipinski definition) is 4. The molecule has 0 aliphatic carbocycles. The zero-order valence-corrected chi connectivity index (χ0v) is 11.1. The fraction of sp³-hybridized carbons (Fsp3) is 0.462. The molecular formula is C13H16N2O4. The number of aromatic amines is 1. The van der Waals surface area contributed by atoms with E-state index >= 15 is 0 Å². The third kappa shape index (κ3) is 2.14. The van der Waals surface area contributed by atoms with Crippen LogP contribution in [0.4, 0.5) is 0 Å². The van der Waals surface area contributed by atoms with Crippen LogP contribution in [-0.2, 0) is 6.42 Å². The molecule has 1 atom stereocenters. The molecule has 2 aromatic rings. The van der Waals surface area contributed by atoms with Gasteiger partial charge < -0.3 is 4.42 Å². The monoisotopic (exact) mass is 264 g/mol. The van der Waals surface area contributed by atoms with Crippen LogP contribution in [-0.4, -0.2) is 9.55 Å². The Morgan fingerprint density at radius 2 is 2.00 bits per heavy atom. The highest BCUT2D eigenvalue weighted by molar-refractivity contribution is 5.76. The summed E-state index contributed by atoms with van der Waals surface area (Å²) >= 11 is 0. The standard InChI is InChI=1S/C13H16N2O4/c1-4-7(3)15-12-10(11(17)14-13(15)18)8(5-2)6-9(16)19-12/h6-7H,4-5H2,1-3H3,(H,14,17,18). The molecule has 0 fully saturated rings. The molecule has 0 spiro atoms. The molecule has 0 radical (unpaired) electrons. The second kappa shape index (κ2) is 4.87. The highest BCUT2D eigenvalue weighted by atomic mass is 16.4. The smallest absolute Gasteiger partial charge is 0.337 e. The Morgan fingerprint density at radius 3 is 2.58 bits per heavy atom. The molecule has 0 aliphatic rings. The molecule has 0 bridgehead atoms. The van der Waals surface area contributed by atoms with Gasteiger partial charge in [0.15, 0.2) is 0 Å². The van der Waals surface area contributed by atoms with Gasteiger partial charge in [-0.2, -0.15) is 0 Å². The molecule has 0 aliphatic heterocycles. The number of rotatable bonds is 3. The molecule has 6 nitrogen and oxygen atoms in total. The minimum absolute atomic E-state index is 0.0625. The fourth-order valence-electron chi connectivity index (χ4n) is 2.11. The van der Waals surface area contributed by atoms with Crippen LogP contribution in [0.15, 0.2) is 24.9 Å². The van der Waals surface area contributed by atoms with Gasteiger partial charge in [-0.15, -0.1) is 0 Å². The third-order valence-electron chi connectivity index (χ3n) is 3.32. The van der Waals surface area contributed by atoms with Crippen molar-refractivity contribution in [2.45, 2.75) is 39.7 Å². The zero-order valence-electron chi connectivity index (χ0n) is 11.1. The average molecular weight is 264 g/mol. The lowest BCUT2D eigenvalue weighted by atomic mass is 10.1. The number of aryl methyl sites for hydroxylation is 1. The summed E-state index contributed by atoms with van der Waals surface area (Å²) in [7, 11) is 0. The summed E-state index contributed by atoms with van der Waals surface area (Å²) in [6.07, 6.45) is 1.20. The number of H-pyrrole nitrogens is 1. The van der Waals surface area contributed by atoms with E-state index in [1.807, 2.05) is 20.8 Å². The van der Waals surface area contributed by atoms with Crippen molar-refractivity contribution in [3.05, 3.63) is 42.9 Å². The van der Waals surface area contributed by atoms with Crippen molar-refractivity contribution >= 4 is 11.1 Å². The van der Waals surface area contributed by atoms with Crippen LogP contribution in [0.25, 0.3) is 11.1 Å². The molecule has 0 aromatic carbocycles. The molecule has 1 N–H and O–H groups in total. The van der Waals surface area contributed by atoms with Gasteiger partial charge in [-0.3, -0.25) is 14.3 Å². The predicted octanol–water partition coefficient (Wildman–Crippen LogP) is 1.18. The summed E-state index contributed by atoms with van der Waals surface area (Å²) in [6, 6.07) is 1.13. The van der Waals surface area contributed by atoms with Gasteiger partial charge in [0.2, 0.25) is 5.71 Å². The number of nitrogens with one attached hydrogen (secondary N) is 1. The van der Waals surface area contributed by atoms with Gasteiger partial charge in [-0.1, -0.05) is 13.8 Å². The van der Waals surface area contributed by atoms with Gasteiger partial charge in [-0.05, 0) is 25.3 Å². The van der Waals surface area contributed by atoms with Gasteiger partial charge in [0.05, 0.1) is 0 Å². The first kappa shape index (κ1) is 13.3. The lowest BCUT2D eigenvalue weighted by Gasteiger charge is -2.14. The summed E-state index contributed by atoms with van der Waals surface area (Å²) in [5, 5.41) is 0.280. The Balaban J connectivity index is 3.06. The van der Waals surface area contributed by atoms with E-state index in [9.17, 15) is 14.4 Å². The van der Waals surface area contributed by atoms with Crippen molar-refractivity contribution in [2.24, 2.45) is 0 Å². The summed E-state index contributed by atoms with van der Waals surface area (Å²) in [5.74, 6) is 0. The van der Waals surface area contributed by atoms with Crippen molar-refractivity contribution in [1.82, 2.24) is 9.55 Å². The second-order valence-electron chi connectivity index (χ2n) is 4.51. The topological polar surface area (TPSA) is 85.1 Å². The molecule has 0 saturated carbocycles. The van der Waals surface area contributed by atoms with Crippen LogP contribution in [0.2, 0.25) is 0 Å². The van der Waals surface area contributed by atoms with Crippen molar-refractivity contribution in [1.29, 1.82) is 0 Å². The first-order valence-corrected chi connectivity index (χ1v) is 6.31. The van der Waals surface area contributed by atoms with Crippen LogP contribution in [0.3, 0.4) is 0 Å². The summed E-state index contributed by atoms with van der Waals surface area (Å²) in [4.78, 5) is 37.7. The maximum absolute atomic E-state index is 11.9. The summed E-state index contributed by atoms with van der Waals surface area (Å²) in [5.41, 5.74) is -0.966. The van der Waals surface area contributed by atoms with Crippen molar-refractivity contribution < 1.29 is 4.42 Å². The average Bonchev–Trinajstić information content (AvgIpc) is 2.36. The maximum atomic E-state index is 11.9. The molecule has 6 heteroatoms. The first-order chi connectivity index (χ1) is 8.99. The van der Waals surface area contributed by atoms with Gasteiger partial charge in [-0.25, -0.2) is 9.59 Å². The molecule has 2 heterocycles. The van der Waals surface area contributed by atoms with Crippen LogP contribution in [0, 0.1) is 0 Å². The SMILES string of the molecule is CCc1cc(=O)oc2c1c(=O)[nH]c(=O)n2C(C)CC. The van der Waals surface area contributed by atoms with E-state index in [1.54, 1.807) is 0 Å². The van der Waals surface area contributed by atoms with E-state index in [2.05, 4.69) is 4.98 Å². The van der Waals surface area contributed by atoms with Gasteiger partial charge in [0.25, 0.3) is 5.56 Å². The quantitative estimate of drug-likeness (QED) is 0.901. The molecule has 2 rings (SSSR count). The maximum Gasteiger partial charge on any atom is 0.337 e. The lowest BCUT2D eigenvalue weighted by molar-refractivity contribution is 0.454.